The molecule has 25 heteroatoms. The van der Waals surface area contributed by atoms with Crippen LogP contribution >= 0.6 is 0 Å². The molecule has 0 heterocycles. The molecule has 55 heavy (non-hydrogen) atoms. The number of nitroso groups, excluding NO2 is 3. The number of rotatable bonds is 6. The number of fused-ring (bicyclic) bond motifs is 3. The number of benzene rings is 6. The van der Waals surface area contributed by atoms with Gasteiger partial charge in [-0.05, 0) is 86.3 Å². The minimum absolute atomic E-state index is 0. The fourth-order valence-electron chi connectivity index (χ4n) is 4.59. The maximum absolute atomic E-state index is 10.8. The Hall–Kier alpha value is -2.45. The van der Waals surface area contributed by atoms with E-state index in [1.54, 1.807) is 0 Å². The predicted molar refractivity (Wildman–Crippen MR) is 177 cm³/mol. The molecule has 0 spiro atoms. The average molecular weight is 881 g/mol. The first-order chi connectivity index (χ1) is 23.8. The molecule has 0 aromatic heterocycles. The zero-order valence-electron chi connectivity index (χ0n) is 28.3. The van der Waals surface area contributed by atoms with Crippen molar-refractivity contribution in [1.29, 1.82) is 0 Å². The zero-order chi connectivity index (χ0) is 37.9. The molecule has 6 rings (SSSR count). The van der Waals surface area contributed by atoms with Crippen molar-refractivity contribution in [1.82, 2.24) is 0 Å². The molecular weight excluding hydrogens is 863 g/mol. The number of nitrogens with zero attached hydrogens (tertiary/aromatic N) is 3. The van der Waals surface area contributed by atoms with E-state index in [2.05, 4.69) is 15.5 Å². The van der Waals surface area contributed by atoms with Crippen LogP contribution in [0.4, 0.5) is 17.1 Å². The van der Waals surface area contributed by atoms with E-state index in [1.807, 2.05) is 0 Å². The van der Waals surface area contributed by atoms with Crippen molar-refractivity contribution in [2.24, 2.45) is 15.5 Å². The summed E-state index contributed by atoms with van der Waals surface area (Å²) < 4.78 is 97.3. The standard InChI is InChI=1S/3C10H7NO5S.Fe.3Na/c3*12-9-4-1-6-5-7(17(14,15)16)2-3-8(6)10(9)11-13;;;;/h3*1-5,12H,(H,14,15,16);;;;/q;;;;3*+1/p-3. The van der Waals surface area contributed by atoms with Crippen LogP contribution in [-0.2, 0) is 47.4 Å². The van der Waals surface area contributed by atoms with Crippen LogP contribution in [0.25, 0.3) is 32.3 Å². The van der Waals surface area contributed by atoms with Gasteiger partial charge in [0.1, 0.15) is 47.6 Å². The molecule has 0 unspecified atom stereocenters. The van der Waals surface area contributed by atoms with Crippen LogP contribution in [0.15, 0.2) is 121 Å². The average Bonchev–Trinajstić information content (AvgIpc) is 3.07. The van der Waals surface area contributed by atoms with E-state index < -0.39 is 45.0 Å². The monoisotopic (exact) mass is 881 g/mol. The largest absolute Gasteiger partial charge is 1.00 e. The van der Waals surface area contributed by atoms with E-state index >= 15 is 0 Å². The summed E-state index contributed by atoms with van der Waals surface area (Å²) in [5.74, 6) is -0.902. The van der Waals surface area contributed by atoms with Gasteiger partial charge in [0.2, 0.25) is 0 Å². The fourth-order valence-corrected chi connectivity index (χ4v) is 6.11. The minimum atomic E-state index is -4.55. The van der Waals surface area contributed by atoms with E-state index in [9.17, 15) is 69.0 Å². The van der Waals surface area contributed by atoms with E-state index in [1.165, 1.54) is 54.6 Å². The Balaban J connectivity index is 0.000000767. The Morgan fingerprint density at radius 3 is 0.800 bits per heavy atom. The van der Waals surface area contributed by atoms with Gasteiger partial charge in [-0.15, -0.1) is 14.7 Å². The molecule has 0 aliphatic heterocycles. The second-order valence-electron chi connectivity index (χ2n) is 10.1. The van der Waals surface area contributed by atoms with Crippen LogP contribution in [0.2, 0.25) is 0 Å². The molecule has 0 saturated heterocycles. The summed E-state index contributed by atoms with van der Waals surface area (Å²) >= 11 is 0. The van der Waals surface area contributed by atoms with Crippen LogP contribution in [0.3, 0.4) is 0 Å². The smallest absolute Gasteiger partial charge is 0.744 e. The summed E-state index contributed by atoms with van der Waals surface area (Å²) in [5.41, 5.74) is -0.549. The van der Waals surface area contributed by atoms with Gasteiger partial charge in [-0.1, -0.05) is 36.4 Å². The van der Waals surface area contributed by atoms with Crippen molar-refractivity contribution in [3.8, 4) is 17.2 Å². The van der Waals surface area contributed by atoms with Gasteiger partial charge in [-0.2, -0.15) is 0 Å². The summed E-state index contributed by atoms with van der Waals surface area (Å²) in [6.07, 6.45) is 0. The number of hydrogen-bond acceptors (Lipinski definition) is 18. The minimum Gasteiger partial charge on any atom is -0.744 e. The molecule has 0 amide bonds. The number of aromatic hydroxyl groups is 3. The van der Waals surface area contributed by atoms with E-state index in [4.69, 9.17) is 0 Å². The molecule has 0 aliphatic carbocycles. The van der Waals surface area contributed by atoms with Crippen molar-refractivity contribution in [3.05, 3.63) is 106 Å². The van der Waals surface area contributed by atoms with Crippen LogP contribution in [0.5, 0.6) is 17.2 Å². The van der Waals surface area contributed by atoms with Crippen molar-refractivity contribution >= 4 is 79.7 Å². The summed E-state index contributed by atoms with van der Waals surface area (Å²) in [6.45, 7) is 0. The molecule has 272 valence electrons. The molecule has 0 aliphatic rings. The second kappa shape index (κ2) is 21.3. The number of phenolic OH excluding ortho intramolecular Hbond substituents is 3. The number of phenols is 3. The molecule has 6 aromatic rings. The van der Waals surface area contributed by atoms with Crippen molar-refractivity contribution in [2.45, 2.75) is 14.7 Å². The third kappa shape index (κ3) is 12.8. The Bertz CT molecular complexity index is 2450. The second-order valence-corrected chi connectivity index (χ2v) is 14.2. The quantitative estimate of drug-likeness (QED) is 0.0832. The van der Waals surface area contributed by atoms with Crippen molar-refractivity contribution in [3.63, 3.8) is 0 Å². The number of hydrogen-bond donors (Lipinski definition) is 3. The molecule has 0 fully saturated rings. The normalized spacial score (nSPS) is 10.7. The summed E-state index contributed by atoms with van der Waals surface area (Å²) in [7, 11) is -13.6. The van der Waals surface area contributed by atoms with Gasteiger partial charge >= 0.3 is 88.7 Å². The molecule has 0 radical (unpaired) electrons. The Labute approximate surface area is 388 Å². The fraction of sp³-hybridized carbons (Fsp3) is 0. The van der Waals surface area contributed by atoms with Gasteiger partial charge in [0, 0.05) is 33.2 Å². The topological polar surface area (TPSA) is 321 Å². The Kier molecular flexibility index (Phi) is 20.4. The van der Waals surface area contributed by atoms with Crippen molar-refractivity contribution in [2.75, 3.05) is 0 Å². The Morgan fingerprint density at radius 1 is 0.400 bits per heavy atom. The van der Waals surface area contributed by atoms with Gasteiger partial charge < -0.3 is 29.0 Å². The van der Waals surface area contributed by atoms with E-state index in [0.29, 0.717) is 16.2 Å². The summed E-state index contributed by atoms with van der Waals surface area (Å²) in [6, 6.07) is 18.2. The predicted octanol–water partition coefficient (Wildman–Crippen LogP) is -3.45. The maximum atomic E-state index is 10.8. The van der Waals surface area contributed by atoms with E-state index in [0.717, 1.165) is 36.4 Å². The van der Waals surface area contributed by atoms with Crippen LogP contribution in [0, 0.1) is 14.7 Å². The van der Waals surface area contributed by atoms with Crippen LogP contribution in [-0.4, -0.2) is 54.2 Å². The SMILES string of the molecule is O=Nc1c(O)ccc2cc(S(=O)(=O)[O-])ccc12.O=Nc1c(O)ccc2cc(S(=O)(=O)[O-])ccc12.O=Nc1c(O)ccc2cc(S(=O)(=O)[O-])ccc12.[Fe].[Na+].[Na+].[Na+]. The van der Waals surface area contributed by atoms with Gasteiger partial charge in [-0.3, -0.25) is 0 Å². The van der Waals surface area contributed by atoms with Gasteiger partial charge in [0.15, 0.2) is 17.1 Å². The van der Waals surface area contributed by atoms with Crippen LogP contribution in [0.1, 0.15) is 0 Å². The molecule has 18 nitrogen and oxygen atoms in total. The zero-order valence-corrected chi connectivity index (χ0v) is 37.9. The Morgan fingerprint density at radius 2 is 0.618 bits per heavy atom. The molecule has 6 aromatic carbocycles. The van der Waals surface area contributed by atoms with Gasteiger partial charge in [0.05, 0.1) is 14.7 Å². The molecule has 0 bridgehead atoms. The third-order valence-electron chi connectivity index (χ3n) is 6.96. The summed E-state index contributed by atoms with van der Waals surface area (Å²) in [5, 5.41) is 38.0. The van der Waals surface area contributed by atoms with Crippen molar-refractivity contribution < 1.29 is 160 Å². The first-order valence-electron chi connectivity index (χ1n) is 13.4. The molecule has 0 saturated carbocycles. The first kappa shape index (κ1) is 52.5. The third-order valence-corrected chi connectivity index (χ3v) is 9.46. The molecule has 3 N–H and O–H groups in total. The van der Waals surface area contributed by atoms with Gasteiger partial charge in [0.25, 0.3) is 0 Å². The van der Waals surface area contributed by atoms with E-state index in [-0.39, 0.29) is 156 Å². The summed E-state index contributed by atoms with van der Waals surface area (Å²) in [4.78, 5) is 30.4. The molecule has 0 atom stereocenters. The maximum Gasteiger partial charge on any atom is 1.00 e. The van der Waals surface area contributed by atoms with Gasteiger partial charge in [-0.25, -0.2) is 25.3 Å². The first-order valence-corrected chi connectivity index (χ1v) is 17.7. The molecular formula is C30H18FeN3Na3O15S3. The van der Waals surface area contributed by atoms with Crippen LogP contribution < -0.4 is 88.7 Å².